The van der Waals surface area contributed by atoms with E-state index in [4.69, 9.17) is 4.74 Å². The quantitative estimate of drug-likeness (QED) is 0.849. The van der Waals surface area contributed by atoms with Crippen molar-refractivity contribution in [2.75, 3.05) is 46.9 Å². The van der Waals surface area contributed by atoms with Crippen molar-refractivity contribution in [1.29, 1.82) is 0 Å². The average molecular weight is 294 g/mol. The molecule has 3 rings (SSSR count). The van der Waals surface area contributed by atoms with Crippen LogP contribution in [0.15, 0.2) is 17.5 Å². The highest BCUT2D eigenvalue weighted by atomic mass is 32.1. The molecule has 1 aromatic heterocycles. The third kappa shape index (κ3) is 2.93. The summed E-state index contributed by atoms with van der Waals surface area (Å²) in [4.78, 5) is 6.61. The molecule has 0 aliphatic carbocycles. The van der Waals surface area contributed by atoms with E-state index in [2.05, 4.69) is 34.4 Å². The predicted molar refractivity (Wildman–Crippen MR) is 84.1 cm³/mol. The predicted octanol–water partition coefficient (Wildman–Crippen LogP) is 2.54. The van der Waals surface area contributed by atoms with Gasteiger partial charge in [0, 0.05) is 37.5 Å². The van der Waals surface area contributed by atoms with Crippen LogP contribution < -0.4 is 0 Å². The lowest BCUT2D eigenvalue weighted by Gasteiger charge is -2.41. The van der Waals surface area contributed by atoms with E-state index in [1.807, 2.05) is 18.4 Å². The Kier molecular flexibility index (Phi) is 4.46. The number of ether oxygens (including phenoxy) is 1. The number of nitrogens with zero attached hydrogens (tertiary/aromatic N) is 2. The second-order valence-electron chi connectivity index (χ2n) is 6.57. The Morgan fingerprint density at radius 1 is 1.40 bits per heavy atom. The zero-order valence-electron chi connectivity index (χ0n) is 12.7. The summed E-state index contributed by atoms with van der Waals surface area (Å²) in [5, 5.41) is 2.18. The molecule has 1 atom stereocenters. The Bertz CT molecular complexity index is 412. The largest absolute Gasteiger partial charge is 0.384 e. The second kappa shape index (κ2) is 6.14. The number of methoxy groups -OCH3 is 1. The number of rotatable bonds is 4. The van der Waals surface area contributed by atoms with Gasteiger partial charge in [-0.3, -0.25) is 4.90 Å². The Morgan fingerprint density at radius 2 is 2.20 bits per heavy atom. The molecule has 0 N–H and O–H groups in total. The van der Waals surface area contributed by atoms with Gasteiger partial charge in [-0.25, -0.2) is 0 Å². The number of hydrogen-bond acceptors (Lipinski definition) is 4. The maximum Gasteiger partial charge on any atom is 0.0508 e. The van der Waals surface area contributed by atoms with Crippen LogP contribution in [0.1, 0.15) is 17.7 Å². The molecule has 2 fully saturated rings. The molecule has 4 heteroatoms. The van der Waals surface area contributed by atoms with Crippen molar-refractivity contribution >= 4 is 11.3 Å². The fraction of sp³-hybridized carbons (Fsp3) is 0.750. The van der Waals surface area contributed by atoms with Gasteiger partial charge in [-0.05, 0) is 49.8 Å². The summed E-state index contributed by atoms with van der Waals surface area (Å²) in [6.45, 7) is 6.99. The summed E-state index contributed by atoms with van der Waals surface area (Å²) in [5.74, 6) is 0.709. The van der Waals surface area contributed by atoms with Crippen molar-refractivity contribution in [2.45, 2.75) is 19.4 Å². The molecule has 0 bridgehead atoms. The minimum Gasteiger partial charge on any atom is -0.384 e. The molecular formula is C16H26N2OS. The van der Waals surface area contributed by atoms with Gasteiger partial charge in [-0.15, -0.1) is 11.3 Å². The van der Waals surface area contributed by atoms with Crippen LogP contribution in [0.2, 0.25) is 0 Å². The highest BCUT2D eigenvalue weighted by molar-refractivity contribution is 7.09. The topological polar surface area (TPSA) is 15.7 Å². The molecule has 2 saturated heterocycles. The molecule has 112 valence electrons. The van der Waals surface area contributed by atoms with Crippen LogP contribution in [0.25, 0.3) is 0 Å². The maximum atomic E-state index is 5.53. The molecule has 0 radical (unpaired) electrons. The first kappa shape index (κ1) is 14.5. The van der Waals surface area contributed by atoms with Crippen LogP contribution in [0.3, 0.4) is 0 Å². The fourth-order valence-corrected chi connectivity index (χ4v) is 4.69. The first-order valence-corrected chi connectivity index (χ1v) is 8.52. The van der Waals surface area contributed by atoms with E-state index >= 15 is 0 Å². The molecule has 0 unspecified atom stereocenters. The average Bonchev–Trinajstić information content (AvgIpc) is 3.04. The van der Waals surface area contributed by atoms with E-state index in [1.165, 1.54) is 43.9 Å². The van der Waals surface area contributed by atoms with Gasteiger partial charge >= 0.3 is 0 Å². The summed E-state index contributed by atoms with van der Waals surface area (Å²) in [6.07, 6.45) is 2.66. The van der Waals surface area contributed by atoms with E-state index in [0.717, 1.165) is 13.2 Å². The Hall–Kier alpha value is -0.420. The standard InChI is InChI=1S/C16H26N2OS/c1-17-7-5-16(6-8-17)13-18(10-14(16)12-19-2)11-15-4-3-9-20-15/h3-4,9,14H,5-8,10-13H2,1-2H3/t14-/m1/s1. The van der Waals surface area contributed by atoms with E-state index in [9.17, 15) is 0 Å². The third-order valence-corrected chi connectivity index (χ3v) is 6.05. The molecule has 1 spiro atoms. The first-order valence-electron chi connectivity index (χ1n) is 7.64. The minimum absolute atomic E-state index is 0.500. The molecule has 0 saturated carbocycles. The monoisotopic (exact) mass is 294 g/mol. The van der Waals surface area contributed by atoms with Gasteiger partial charge in [0.1, 0.15) is 0 Å². The molecule has 0 amide bonds. The summed E-state index contributed by atoms with van der Waals surface area (Å²) >= 11 is 1.88. The highest BCUT2D eigenvalue weighted by Gasteiger charge is 2.47. The summed E-state index contributed by atoms with van der Waals surface area (Å²) in [7, 11) is 4.10. The maximum absolute atomic E-state index is 5.53. The fourth-order valence-electron chi connectivity index (χ4n) is 3.95. The number of likely N-dealkylation sites (tertiary alicyclic amines) is 2. The van der Waals surface area contributed by atoms with Crippen molar-refractivity contribution < 1.29 is 4.74 Å². The minimum atomic E-state index is 0.500. The SMILES string of the molecule is COC[C@H]1CN(Cc2cccs2)CC12CCN(C)CC2. The lowest BCUT2D eigenvalue weighted by molar-refractivity contribution is 0.0448. The van der Waals surface area contributed by atoms with Gasteiger partial charge in [0.05, 0.1) is 6.61 Å². The lowest BCUT2D eigenvalue weighted by atomic mass is 9.71. The van der Waals surface area contributed by atoms with Crippen molar-refractivity contribution in [3.63, 3.8) is 0 Å². The number of piperidine rings is 1. The van der Waals surface area contributed by atoms with Gasteiger partial charge in [0.2, 0.25) is 0 Å². The smallest absolute Gasteiger partial charge is 0.0508 e. The van der Waals surface area contributed by atoms with E-state index in [0.29, 0.717) is 11.3 Å². The van der Waals surface area contributed by atoms with Gasteiger partial charge in [-0.1, -0.05) is 6.07 Å². The molecule has 0 aromatic carbocycles. The molecule has 3 nitrogen and oxygen atoms in total. The number of hydrogen-bond donors (Lipinski definition) is 0. The lowest BCUT2D eigenvalue weighted by Crippen LogP contribution is -2.43. The zero-order valence-corrected chi connectivity index (χ0v) is 13.5. The van der Waals surface area contributed by atoms with Gasteiger partial charge in [-0.2, -0.15) is 0 Å². The molecular weight excluding hydrogens is 268 g/mol. The molecule has 1 aromatic rings. The molecule has 2 aliphatic rings. The van der Waals surface area contributed by atoms with Crippen molar-refractivity contribution in [1.82, 2.24) is 9.80 Å². The van der Waals surface area contributed by atoms with Crippen molar-refractivity contribution in [2.24, 2.45) is 11.3 Å². The first-order chi connectivity index (χ1) is 9.72. The van der Waals surface area contributed by atoms with Crippen LogP contribution in [0, 0.1) is 11.3 Å². The van der Waals surface area contributed by atoms with E-state index in [1.54, 1.807) is 0 Å². The van der Waals surface area contributed by atoms with Gasteiger partial charge in [0.25, 0.3) is 0 Å². The normalized spacial score (nSPS) is 27.4. The van der Waals surface area contributed by atoms with Crippen LogP contribution in [0.5, 0.6) is 0 Å². The van der Waals surface area contributed by atoms with Crippen LogP contribution in [0.4, 0.5) is 0 Å². The summed E-state index contributed by atoms with van der Waals surface area (Å²) in [5.41, 5.74) is 0.500. The van der Waals surface area contributed by atoms with Gasteiger partial charge < -0.3 is 9.64 Å². The highest BCUT2D eigenvalue weighted by Crippen LogP contribution is 2.45. The Morgan fingerprint density at radius 3 is 2.85 bits per heavy atom. The zero-order chi connectivity index (χ0) is 14.0. The molecule has 20 heavy (non-hydrogen) atoms. The van der Waals surface area contributed by atoms with Gasteiger partial charge in [0.15, 0.2) is 0 Å². The summed E-state index contributed by atoms with van der Waals surface area (Å²) < 4.78 is 5.53. The molecule has 2 aliphatic heterocycles. The Labute approximate surface area is 126 Å². The number of thiophene rings is 1. The van der Waals surface area contributed by atoms with E-state index in [-0.39, 0.29) is 0 Å². The van der Waals surface area contributed by atoms with E-state index < -0.39 is 0 Å². The van der Waals surface area contributed by atoms with Crippen LogP contribution in [-0.4, -0.2) is 56.7 Å². The van der Waals surface area contributed by atoms with Crippen LogP contribution in [-0.2, 0) is 11.3 Å². The third-order valence-electron chi connectivity index (χ3n) is 5.19. The van der Waals surface area contributed by atoms with Crippen LogP contribution >= 0.6 is 11.3 Å². The second-order valence-corrected chi connectivity index (χ2v) is 7.60. The molecule has 3 heterocycles. The van der Waals surface area contributed by atoms with Crippen molar-refractivity contribution in [3.05, 3.63) is 22.4 Å². The summed E-state index contributed by atoms with van der Waals surface area (Å²) in [6, 6.07) is 4.42. The Balaban J connectivity index is 1.68. The van der Waals surface area contributed by atoms with Crippen molar-refractivity contribution in [3.8, 4) is 0 Å².